The van der Waals surface area contributed by atoms with Gasteiger partial charge in [0, 0.05) is 23.2 Å². The highest BCUT2D eigenvalue weighted by Gasteiger charge is 2.14. The highest BCUT2D eigenvalue weighted by molar-refractivity contribution is 7.15. The third kappa shape index (κ3) is 4.94. The standard InChI is InChI=1S/C19H22N4O2S.ClH/c1-4-25-19(24)16-9-21-23(10-16)11-17-13(3)26-18(22-17)15-6-12(2)5-14(7-15)8-20;/h5-7,9-10H,4,8,11,20H2,1-3H3;1H. The van der Waals surface area contributed by atoms with E-state index in [4.69, 9.17) is 15.5 Å². The molecule has 1 aromatic carbocycles. The molecule has 3 aromatic rings. The molecule has 0 unspecified atom stereocenters. The van der Waals surface area contributed by atoms with Crippen molar-refractivity contribution in [2.75, 3.05) is 6.61 Å². The van der Waals surface area contributed by atoms with Crippen LogP contribution in [0.3, 0.4) is 0 Å². The second kappa shape index (κ2) is 9.12. The number of benzene rings is 1. The van der Waals surface area contributed by atoms with Crippen molar-refractivity contribution in [1.29, 1.82) is 0 Å². The van der Waals surface area contributed by atoms with E-state index in [1.807, 2.05) is 6.92 Å². The first-order valence-electron chi connectivity index (χ1n) is 8.47. The molecule has 0 aliphatic rings. The largest absolute Gasteiger partial charge is 0.462 e. The lowest BCUT2D eigenvalue weighted by molar-refractivity contribution is 0.0526. The molecule has 0 spiro atoms. The molecule has 3 rings (SSSR count). The second-order valence-corrected chi connectivity index (χ2v) is 7.28. The van der Waals surface area contributed by atoms with Crippen LogP contribution >= 0.6 is 23.7 Å². The molecule has 8 heteroatoms. The van der Waals surface area contributed by atoms with Gasteiger partial charge in [0.1, 0.15) is 5.01 Å². The molecule has 0 amide bonds. The Kier molecular flexibility index (Phi) is 7.12. The van der Waals surface area contributed by atoms with Crippen molar-refractivity contribution in [2.45, 2.75) is 33.9 Å². The summed E-state index contributed by atoms with van der Waals surface area (Å²) < 4.78 is 6.70. The first kappa shape index (κ1) is 21.1. The SMILES string of the molecule is CCOC(=O)c1cnn(Cc2nc(-c3cc(C)cc(CN)c3)sc2C)c1.Cl. The van der Waals surface area contributed by atoms with Gasteiger partial charge in [0.25, 0.3) is 0 Å². The highest BCUT2D eigenvalue weighted by atomic mass is 35.5. The molecule has 6 nitrogen and oxygen atoms in total. The first-order valence-corrected chi connectivity index (χ1v) is 9.28. The minimum absolute atomic E-state index is 0. The predicted molar refractivity (Wildman–Crippen MR) is 109 cm³/mol. The van der Waals surface area contributed by atoms with Gasteiger partial charge in [0.2, 0.25) is 0 Å². The van der Waals surface area contributed by atoms with Crippen LogP contribution in [-0.2, 0) is 17.8 Å². The summed E-state index contributed by atoms with van der Waals surface area (Å²) in [5.41, 5.74) is 10.5. The van der Waals surface area contributed by atoms with Gasteiger partial charge in [0.05, 0.1) is 30.6 Å². The Bertz CT molecular complexity index is 936. The van der Waals surface area contributed by atoms with Gasteiger partial charge in [0.15, 0.2) is 0 Å². The molecule has 0 aliphatic carbocycles. The van der Waals surface area contributed by atoms with E-state index in [9.17, 15) is 4.79 Å². The second-order valence-electron chi connectivity index (χ2n) is 6.08. The normalized spacial score (nSPS) is 10.5. The smallest absolute Gasteiger partial charge is 0.341 e. The van der Waals surface area contributed by atoms with Crippen LogP contribution in [0.15, 0.2) is 30.6 Å². The molecule has 0 aliphatic heterocycles. The number of carbonyl (C=O) groups is 1. The number of thiazole rings is 1. The fourth-order valence-corrected chi connectivity index (χ4v) is 3.63. The van der Waals surface area contributed by atoms with E-state index in [1.165, 1.54) is 11.8 Å². The molecule has 2 N–H and O–H groups in total. The van der Waals surface area contributed by atoms with E-state index in [0.717, 1.165) is 26.7 Å². The van der Waals surface area contributed by atoms with Gasteiger partial charge in [-0.1, -0.05) is 11.6 Å². The number of rotatable bonds is 6. The summed E-state index contributed by atoms with van der Waals surface area (Å²) in [6, 6.07) is 6.29. The molecule has 0 bridgehead atoms. The van der Waals surface area contributed by atoms with E-state index in [0.29, 0.717) is 25.3 Å². The number of ether oxygens (including phenoxy) is 1. The van der Waals surface area contributed by atoms with Crippen LogP contribution in [0.1, 0.15) is 39.0 Å². The number of nitrogens with zero attached hydrogens (tertiary/aromatic N) is 3. The number of carbonyl (C=O) groups excluding carboxylic acids is 1. The fraction of sp³-hybridized carbons (Fsp3) is 0.316. The molecule has 2 heterocycles. The molecule has 0 radical (unpaired) electrons. The van der Waals surface area contributed by atoms with Gasteiger partial charge < -0.3 is 10.5 Å². The number of hydrogen-bond donors (Lipinski definition) is 1. The maximum absolute atomic E-state index is 11.8. The zero-order valence-electron chi connectivity index (χ0n) is 15.6. The van der Waals surface area contributed by atoms with E-state index < -0.39 is 0 Å². The van der Waals surface area contributed by atoms with Crippen LogP contribution in [0.2, 0.25) is 0 Å². The molecule has 144 valence electrons. The Labute approximate surface area is 168 Å². The lowest BCUT2D eigenvalue weighted by Crippen LogP contribution is -2.04. The van der Waals surface area contributed by atoms with Crippen molar-refractivity contribution < 1.29 is 9.53 Å². The van der Waals surface area contributed by atoms with Gasteiger partial charge in [-0.05, 0) is 38.5 Å². The molecule has 0 saturated carbocycles. The van der Waals surface area contributed by atoms with E-state index >= 15 is 0 Å². The van der Waals surface area contributed by atoms with Gasteiger partial charge in [-0.25, -0.2) is 9.78 Å². The van der Waals surface area contributed by atoms with Gasteiger partial charge in [-0.15, -0.1) is 23.7 Å². The van der Waals surface area contributed by atoms with Crippen LogP contribution in [0, 0.1) is 13.8 Å². The van der Waals surface area contributed by atoms with Crippen LogP contribution in [0.25, 0.3) is 10.6 Å². The minimum Gasteiger partial charge on any atom is -0.462 e. The number of halogens is 1. The van der Waals surface area contributed by atoms with Crippen molar-refractivity contribution in [1.82, 2.24) is 14.8 Å². The summed E-state index contributed by atoms with van der Waals surface area (Å²) >= 11 is 1.65. The molecule has 0 saturated heterocycles. The van der Waals surface area contributed by atoms with Gasteiger partial charge in [-0.2, -0.15) is 5.10 Å². The van der Waals surface area contributed by atoms with E-state index in [-0.39, 0.29) is 18.4 Å². The fourth-order valence-electron chi connectivity index (χ4n) is 2.73. The Morgan fingerprint density at radius 2 is 2.07 bits per heavy atom. The quantitative estimate of drug-likeness (QED) is 0.630. The number of aryl methyl sites for hydroxylation is 2. The molecule has 27 heavy (non-hydrogen) atoms. The van der Waals surface area contributed by atoms with Crippen LogP contribution in [0.5, 0.6) is 0 Å². The average Bonchev–Trinajstić information content (AvgIpc) is 3.22. The van der Waals surface area contributed by atoms with E-state index in [2.05, 4.69) is 30.2 Å². The van der Waals surface area contributed by atoms with E-state index in [1.54, 1.807) is 29.1 Å². The topological polar surface area (TPSA) is 83.0 Å². The molecular weight excluding hydrogens is 384 g/mol. The van der Waals surface area contributed by atoms with Crippen LogP contribution in [-0.4, -0.2) is 27.3 Å². The van der Waals surface area contributed by atoms with Crippen LogP contribution < -0.4 is 5.73 Å². The zero-order chi connectivity index (χ0) is 18.7. The van der Waals surface area contributed by atoms with Gasteiger partial charge >= 0.3 is 5.97 Å². The third-order valence-corrected chi connectivity index (χ3v) is 5.03. The number of esters is 1. The first-order chi connectivity index (χ1) is 12.5. The minimum atomic E-state index is -0.358. The van der Waals surface area contributed by atoms with Crippen molar-refractivity contribution in [3.63, 3.8) is 0 Å². The average molecular weight is 407 g/mol. The van der Waals surface area contributed by atoms with Gasteiger partial charge in [-0.3, -0.25) is 4.68 Å². The van der Waals surface area contributed by atoms with Crippen molar-refractivity contribution in [3.05, 3.63) is 57.9 Å². The zero-order valence-corrected chi connectivity index (χ0v) is 17.2. The lowest BCUT2D eigenvalue weighted by Gasteiger charge is -2.03. The number of hydrogen-bond acceptors (Lipinski definition) is 6. The summed E-state index contributed by atoms with van der Waals surface area (Å²) in [7, 11) is 0. The van der Waals surface area contributed by atoms with Crippen molar-refractivity contribution in [2.24, 2.45) is 5.73 Å². The summed E-state index contributed by atoms with van der Waals surface area (Å²) in [4.78, 5) is 17.7. The lowest BCUT2D eigenvalue weighted by atomic mass is 10.1. The molecule has 0 fully saturated rings. The summed E-state index contributed by atoms with van der Waals surface area (Å²) in [5, 5.41) is 5.21. The predicted octanol–water partition coefficient (Wildman–Crippen LogP) is 3.73. The highest BCUT2D eigenvalue weighted by Crippen LogP contribution is 2.29. The monoisotopic (exact) mass is 406 g/mol. The maximum atomic E-state index is 11.8. The molecular formula is C19H23ClN4O2S. The van der Waals surface area contributed by atoms with Crippen molar-refractivity contribution >= 4 is 29.7 Å². The van der Waals surface area contributed by atoms with Crippen molar-refractivity contribution in [3.8, 4) is 10.6 Å². The van der Waals surface area contributed by atoms with Crippen LogP contribution in [0.4, 0.5) is 0 Å². The Hall–Kier alpha value is -2.22. The summed E-state index contributed by atoms with van der Waals surface area (Å²) in [5.74, 6) is -0.358. The number of aromatic nitrogens is 3. The third-order valence-electron chi connectivity index (χ3n) is 3.97. The Balaban J connectivity index is 0.00000261. The number of nitrogens with two attached hydrogens (primary N) is 1. The summed E-state index contributed by atoms with van der Waals surface area (Å²) in [6.07, 6.45) is 3.21. The Morgan fingerprint density at radius 1 is 1.30 bits per heavy atom. The molecule has 0 atom stereocenters. The molecule has 2 aromatic heterocycles. The Morgan fingerprint density at radius 3 is 2.78 bits per heavy atom. The summed E-state index contributed by atoms with van der Waals surface area (Å²) in [6.45, 7) is 7.26. The maximum Gasteiger partial charge on any atom is 0.341 e.